The van der Waals surface area contributed by atoms with Crippen LogP contribution in [-0.4, -0.2) is 27.7 Å². The number of hydrogen-bond donors (Lipinski definition) is 0. The molecule has 0 saturated heterocycles. The van der Waals surface area contributed by atoms with Crippen molar-refractivity contribution < 1.29 is 4.79 Å². The van der Waals surface area contributed by atoms with E-state index in [0.717, 1.165) is 17.7 Å². The number of anilines is 1. The number of carbonyl (C=O) groups excluding carboxylic acids is 1. The standard InChI is InChI=1S/C22H20N4OS/c1-3-16-9-11-17(12-10-16)20-19(21(27)25(2)22-23-13-14-28-22)15-26(24-20)18-7-5-4-6-8-18/h4-15H,3H2,1-2H3. The van der Waals surface area contributed by atoms with Gasteiger partial charge in [-0.15, -0.1) is 11.3 Å². The van der Waals surface area contributed by atoms with Gasteiger partial charge in [-0.25, -0.2) is 9.67 Å². The topological polar surface area (TPSA) is 51.0 Å². The van der Waals surface area contributed by atoms with E-state index >= 15 is 0 Å². The molecule has 0 N–H and O–H groups in total. The van der Waals surface area contributed by atoms with Crippen molar-refractivity contribution in [2.45, 2.75) is 13.3 Å². The van der Waals surface area contributed by atoms with Crippen LogP contribution in [0.15, 0.2) is 72.4 Å². The third kappa shape index (κ3) is 3.46. The van der Waals surface area contributed by atoms with Crippen LogP contribution in [0.4, 0.5) is 5.13 Å². The van der Waals surface area contributed by atoms with E-state index in [1.807, 2.05) is 47.8 Å². The van der Waals surface area contributed by atoms with E-state index in [1.54, 1.807) is 29.0 Å². The highest BCUT2D eigenvalue weighted by atomic mass is 32.1. The maximum atomic E-state index is 13.2. The third-order valence-electron chi connectivity index (χ3n) is 4.61. The maximum absolute atomic E-state index is 13.2. The van der Waals surface area contributed by atoms with E-state index in [0.29, 0.717) is 16.4 Å². The Hall–Kier alpha value is -3.25. The van der Waals surface area contributed by atoms with E-state index < -0.39 is 0 Å². The van der Waals surface area contributed by atoms with Crippen LogP contribution in [0, 0.1) is 0 Å². The number of aryl methyl sites for hydroxylation is 1. The first kappa shape index (κ1) is 18.1. The van der Waals surface area contributed by atoms with Gasteiger partial charge in [0.05, 0.1) is 11.3 Å². The van der Waals surface area contributed by atoms with Crippen molar-refractivity contribution in [1.82, 2.24) is 14.8 Å². The minimum Gasteiger partial charge on any atom is -0.287 e. The second kappa shape index (κ2) is 7.78. The zero-order valence-electron chi connectivity index (χ0n) is 15.7. The fraction of sp³-hybridized carbons (Fsp3) is 0.136. The second-order valence-corrected chi connectivity index (χ2v) is 7.27. The van der Waals surface area contributed by atoms with Crippen molar-refractivity contribution in [3.8, 4) is 16.9 Å². The Morgan fingerprint density at radius 2 is 1.86 bits per heavy atom. The molecule has 2 aromatic heterocycles. The van der Waals surface area contributed by atoms with Crippen LogP contribution >= 0.6 is 11.3 Å². The van der Waals surface area contributed by atoms with E-state index in [1.165, 1.54) is 16.9 Å². The molecule has 0 bridgehead atoms. The zero-order chi connectivity index (χ0) is 19.5. The van der Waals surface area contributed by atoms with Gasteiger partial charge < -0.3 is 0 Å². The highest BCUT2D eigenvalue weighted by molar-refractivity contribution is 7.13. The molecule has 0 aliphatic rings. The Balaban J connectivity index is 1.80. The lowest BCUT2D eigenvalue weighted by atomic mass is 10.0. The van der Waals surface area contributed by atoms with Gasteiger partial charge in [-0.1, -0.05) is 49.4 Å². The first-order chi connectivity index (χ1) is 13.7. The minimum atomic E-state index is -0.133. The number of carbonyl (C=O) groups is 1. The molecule has 4 rings (SSSR count). The predicted molar refractivity (Wildman–Crippen MR) is 113 cm³/mol. The smallest absolute Gasteiger partial charge is 0.263 e. The van der Waals surface area contributed by atoms with Gasteiger partial charge in [-0.05, 0) is 24.1 Å². The van der Waals surface area contributed by atoms with Gasteiger partial charge in [0, 0.05) is 30.4 Å². The third-order valence-corrected chi connectivity index (χ3v) is 5.46. The lowest BCUT2D eigenvalue weighted by molar-refractivity contribution is 0.0993. The number of rotatable bonds is 5. The minimum absolute atomic E-state index is 0.133. The monoisotopic (exact) mass is 388 g/mol. The summed E-state index contributed by atoms with van der Waals surface area (Å²) >= 11 is 1.43. The average molecular weight is 388 g/mol. The summed E-state index contributed by atoms with van der Waals surface area (Å²) in [5.74, 6) is -0.133. The summed E-state index contributed by atoms with van der Waals surface area (Å²) < 4.78 is 1.76. The lowest BCUT2D eigenvalue weighted by Crippen LogP contribution is -2.26. The number of nitrogens with zero attached hydrogens (tertiary/aromatic N) is 4. The Morgan fingerprint density at radius 1 is 1.11 bits per heavy atom. The van der Waals surface area contributed by atoms with Crippen molar-refractivity contribution in [3.63, 3.8) is 0 Å². The molecule has 0 aliphatic heterocycles. The molecule has 2 aromatic carbocycles. The van der Waals surface area contributed by atoms with E-state index in [9.17, 15) is 4.79 Å². The van der Waals surface area contributed by atoms with E-state index in [4.69, 9.17) is 5.10 Å². The van der Waals surface area contributed by atoms with Crippen LogP contribution in [0.25, 0.3) is 16.9 Å². The molecule has 140 valence electrons. The number of benzene rings is 2. The van der Waals surface area contributed by atoms with Gasteiger partial charge in [0.1, 0.15) is 5.69 Å². The molecule has 0 radical (unpaired) electrons. The maximum Gasteiger partial charge on any atom is 0.263 e. The zero-order valence-corrected chi connectivity index (χ0v) is 16.6. The molecular weight excluding hydrogens is 368 g/mol. The Morgan fingerprint density at radius 3 is 2.50 bits per heavy atom. The van der Waals surface area contributed by atoms with Crippen LogP contribution in [0.2, 0.25) is 0 Å². The summed E-state index contributed by atoms with van der Waals surface area (Å²) in [4.78, 5) is 19.1. The molecule has 2 heterocycles. The van der Waals surface area contributed by atoms with Crippen LogP contribution < -0.4 is 4.90 Å². The highest BCUT2D eigenvalue weighted by Gasteiger charge is 2.23. The van der Waals surface area contributed by atoms with Crippen molar-refractivity contribution in [2.24, 2.45) is 0 Å². The lowest BCUT2D eigenvalue weighted by Gasteiger charge is -2.13. The van der Waals surface area contributed by atoms with Crippen LogP contribution in [0.5, 0.6) is 0 Å². The van der Waals surface area contributed by atoms with Crippen molar-refractivity contribution >= 4 is 22.4 Å². The number of aromatic nitrogens is 3. The van der Waals surface area contributed by atoms with Gasteiger partial charge in [0.15, 0.2) is 5.13 Å². The average Bonchev–Trinajstić information content (AvgIpc) is 3.44. The van der Waals surface area contributed by atoms with Gasteiger partial charge in [0.2, 0.25) is 0 Å². The predicted octanol–water partition coefficient (Wildman–Crippen LogP) is 4.83. The number of amides is 1. The molecule has 28 heavy (non-hydrogen) atoms. The Kier molecular flexibility index (Phi) is 5.04. The molecule has 0 unspecified atom stereocenters. The summed E-state index contributed by atoms with van der Waals surface area (Å²) in [5.41, 5.74) is 4.29. The van der Waals surface area contributed by atoms with Crippen molar-refractivity contribution in [2.75, 3.05) is 11.9 Å². The normalized spacial score (nSPS) is 10.8. The summed E-state index contributed by atoms with van der Waals surface area (Å²) in [6.07, 6.45) is 4.46. The molecular formula is C22H20N4OS. The SMILES string of the molecule is CCc1ccc(-c2nn(-c3ccccc3)cc2C(=O)N(C)c2nccs2)cc1. The largest absolute Gasteiger partial charge is 0.287 e. The quantitative estimate of drug-likeness (QED) is 0.492. The van der Waals surface area contributed by atoms with Gasteiger partial charge in [-0.3, -0.25) is 9.69 Å². The second-order valence-electron chi connectivity index (χ2n) is 6.40. The molecule has 6 heteroatoms. The molecule has 0 spiro atoms. The molecule has 0 saturated carbocycles. The van der Waals surface area contributed by atoms with E-state index in [-0.39, 0.29) is 5.91 Å². The fourth-order valence-corrected chi connectivity index (χ4v) is 3.61. The fourth-order valence-electron chi connectivity index (χ4n) is 3.00. The molecule has 1 amide bonds. The van der Waals surface area contributed by atoms with E-state index in [2.05, 4.69) is 24.0 Å². The number of para-hydroxylation sites is 1. The Labute approximate surface area is 167 Å². The number of hydrogen-bond acceptors (Lipinski definition) is 4. The molecule has 5 nitrogen and oxygen atoms in total. The van der Waals surface area contributed by atoms with Gasteiger partial charge in [0.25, 0.3) is 5.91 Å². The first-order valence-corrected chi connectivity index (χ1v) is 9.97. The highest BCUT2D eigenvalue weighted by Crippen LogP contribution is 2.27. The molecule has 4 aromatic rings. The van der Waals surface area contributed by atoms with Crippen molar-refractivity contribution in [3.05, 3.63) is 83.5 Å². The summed E-state index contributed by atoms with van der Waals surface area (Å²) in [5, 5.41) is 7.26. The van der Waals surface area contributed by atoms with Gasteiger partial charge in [-0.2, -0.15) is 5.10 Å². The van der Waals surface area contributed by atoms with Crippen LogP contribution in [0.1, 0.15) is 22.8 Å². The van der Waals surface area contributed by atoms with Gasteiger partial charge >= 0.3 is 0 Å². The molecule has 0 aliphatic carbocycles. The summed E-state index contributed by atoms with van der Waals surface area (Å²) in [6, 6.07) is 18.0. The Bertz CT molecular complexity index is 1070. The summed E-state index contributed by atoms with van der Waals surface area (Å²) in [7, 11) is 1.74. The van der Waals surface area contributed by atoms with Crippen LogP contribution in [0.3, 0.4) is 0 Å². The summed E-state index contributed by atoms with van der Waals surface area (Å²) in [6.45, 7) is 2.12. The molecule has 0 atom stereocenters. The first-order valence-electron chi connectivity index (χ1n) is 9.09. The molecule has 0 fully saturated rings. The number of thiazole rings is 1. The van der Waals surface area contributed by atoms with Crippen LogP contribution in [-0.2, 0) is 6.42 Å². The van der Waals surface area contributed by atoms with Crippen molar-refractivity contribution in [1.29, 1.82) is 0 Å².